The maximum atomic E-state index is 11.5. The summed E-state index contributed by atoms with van der Waals surface area (Å²) < 4.78 is 5.40. The van der Waals surface area contributed by atoms with E-state index in [-0.39, 0.29) is 12.5 Å². The van der Waals surface area contributed by atoms with Crippen LogP contribution in [-0.4, -0.2) is 30.1 Å². The van der Waals surface area contributed by atoms with E-state index in [1.807, 2.05) is 12.1 Å². The Hall–Kier alpha value is -1.62. The first kappa shape index (κ1) is 14.8. The van der Waals surface area contributed by atoms with E-state index in [4.69, 9.17) is 4.74 Å². The first-order valence-electron chi connectivity index (χ1n) is 7.21. The minimum atomic E-state index is -0.0989. The third kappa shape index (κ3) is 5.57. The molecule has 1 aromatic heterocycles. The largest absolute Gasteiger partial charge is 0.482 e. The topological polar surface area (TPSA) is 63.2 Å². The van der Waals surface area contributed by atoms with Crippen LogP contribution in [0.3, 0.4) is 0 Å². The van der Waals surface area contributed by atoms with Gasteiger partial charge in [0.25, 0.3) is 5.91 Å². The van der Waals surface area contributed by atoms with Crippen molar-refractivity contribution in [3.8, 4) is 5.75 Å². The number of carbonyl (C=O) groups is 1. The zero-order chi connectivity index (χ0) is 14.4. The summed E-state index contributed by atoms with van der Waals surface area (Å²) in [6, 6.07) is 4.46. The fraction of sp³-hybridized carbons (Fsp3) is 0.600. The zero-order valence-electron chi connectivity index (χ0n) is 12.2. The van der Waals surface area contributed by atoms with E-state index in [9.17, 15) is 4.79 Å². The molecule has 0 aromatic carbocycles. The summed E-state index contributed by atoms with van der Waals surface area (Å²) in [5, 5.41) is 6.21. The molecule has 0 saturated heterocycles. The average molecular weight is 277 g/mol. The number of aromatic nitrogens is 1. The Labute approximate surface area is 120 Å². The molecule has 0 unspecified atom stereocenters. The molecule has 0 aliphatic heterocycles. The van der Waals surface area contributed by atoms with E-state index in [0.717, 1.165) is 12.2 Å². The van der Waals surface area contributed by atoms with Crippen molar-refractivity contribution < 1.29 is 9.53 Å². The van der Waals surface area contributed by atoms with Crippen LogP contribution in [0, 0.1) is 5.92 Å². The van der Waals surface area contributed by atoms with Crippen molar-refractivity contribution >= 4 is 5.91 Å². The van der Waals surface area contributed by atoms with E-state index in [2.05, 4.69) is 29.5 Å². The van der Waals surface area contributed by atoms with Gasteiger partial charge in [0.15, 0.2) is 6.61 Å². The molecule has 0 bridgehead atoms. The third-order valence-electron chi connectivity index (χ3n) is 3.02. The SMILES string of the molecule is CC(C)CNC(=O)COc1ccc(CNC2CC2)nc1. The van der Waals surface area contributed by atoms with Crippen molar-refractivity contribution in [1.29, 1.82) is 0 Å². The highest BCUT2D eigenvalue weighted by Crippen LogP contribution is 2.19. The Kier molecular flexibility index (Phi) is 5.35. The normalized spacial score (nSPS) is 14.3. The average Bonchev–Trinajstić information content (AvgIpc) is 3.26. The predicted octanol–water partition coefficient (Wildman–Crippen LogP) is 1.48. The van der Waals surface area contributed by atoms with Crippen LogP contribution in [0.1, 0.15) is 32.4 Å². The minimum Gasteiger partial charge on any atom is -0.482 e. The van der Waals surface area contributed by atoms with Crippen molar-refractivity contribution in [3.05, 3.63) is 24.0 Å². The molecule has 1 fully saturated rings. The number of amides is 1. The first-order valence-corrected chi connectivity index (χ1v) is 7.21. The van der Waals surface area contributed by atoms with Gasteiger partial charge in [-0.05, 0) is 30.9 Å². The quantitative estimate of drug-likeness (QED) is 0.755. The molecule has 2 rings (SSSR count). The molecule has 110 valence electrons. The highest BCUT2D eigenvalue weighted by Gasteiger charge is 2.20. The van der Waals surface area contributed by atoms with Gasteiger partial charge >= 0.3 is 0 Å². The van der Waals surface area contributed by atoms with Crippen LogP contribution in [0.15, 0.2) is 18.3 Å². The molecule has 0 spiro atoms. The van der Waals surface area contributed by atoms with Crippen LogP contribution in [0.5, 0.6) is 5.75 Å². The summed E-state index contributed by atoms with van der Waals surface area (Å²) in [4.78, 5) is 15.8. The molecule has 1 amide bonds. The van der Waals surface area contributed by atoms with Crippen LogP contribution in [-0.2, 0) is 11.3 Å². The van der Waals surface area contributed by atoms with Crippen molar-refractivity contribution in [3.63, 3.8) is 0 Å². The summed E-state index contributed by atoms with van der Waals surface area (Å²) in [5.74, 6) is 0.969. The predicted molar refractivity (Wildman–Crippen MR) is 77.4 cm³/mol. The minimum absolute atomic E-state index is 0.0358. The molecule has 0 atom stereocenters. The van der Waals surface area contributed by atoms with Gasteiger partial charge in [-0.3, -0.25) is 9.78 Å². The number of nitrogens with one attached hydrogen (secondary N) is 2. The lowest BCUT2D eigenvalue weighted by Crippen LogP contribution is -2.31. The molecule has 5 heteroatoms. The molecule has 1 saturated carbocycles. The Morgan fingerprint density at radius 1 is 1.45 bits per heavy atom. The highest BCUT2D eigenvalue weighted by molar-refractivity contribution is 5.77. The van der Waals surface area contributed by atoms with Gasteiger partial charge in [0.2, 0.25) is 0 Å². The summed E-state index contributed by atoms with van der Waals surface area (Å²) in [7, 11) is 0. The lowest BCUT2D eigenvalue weighted by molar-refractivity contribution is -0.123. The Balaban J connectivity index is 1.68. The van der Waals surface area contributed by atoms with Crippen LogP contribution in [0.25, 0.3) is 0 Å². The molecule has 1 aromatic rings. The molecule has 0 radical (unpaired) electrons. The monoisotopic (exact) mass is 277 g/mol. The zero-order valence-corrected chi connectivity index (χ0v) is 12.2. The van der Waals surface area contributed by atoms with Gasteiger partial charge in [0.05, 0.1) is 11.9 Å². The standard InChI is InChI=1S/C15H23N3O2/c1-11(2)7-18-15(19)10-20-14-6-5-13(17-9-14)8-16-12-3-4-12/h5-6,9,11-12,16H,3-4,7-8,10H2,1-2H3,(H,18,19). The van der Waals surface area contributed by atoms with Crippen LogP contribution in [0.4, 0.5) is 0 Å². The number of carbonyl (C=O) groups excluding carboxylic acids is 1. The van der Waals surface area contributed by atoms with Crippen molar-refractivity contribution in [2.24, 2.45) is 5.92 Å². The molecule has 2 N–H and O–H groups in total. The van der Waals surface area contributed by atoms with Crippen LogP contribution >= 0.6 is 0 Å². The van der Waals surface area contributed by atoms with E-state index in [1.165, 1.54) is 12.8 Å². The number of nitrogens with zero attached hydrogens (tertiary/aromatic N) is 1. The van der Waals surface area contributed by atoms with E-state index >= 15 is 0 Å². The summed E-state index contributed by atoms with van der Waals surface area (Å²) >= 11 is 0. The highest BCUT2D eigenvalue weighted by atomic mass is 16.5. The van der Waals surface area contributed by atoms with Crippen LogP contribution < -0.4 is 15.4 Å². The second-order valence-electron chi connectivity index (χ2n) is 5.63. The Morgan fingerprint density at radius 2 is 2.25 bits per heavy atom. The number of hydrogen-bond donors (Lipinski definition) is 2. The van der Waals surface area contributed by atoms with E-state index < -0.39 is 0 Å². The second kappa shape index (κ2) is 7.24. The maximum absolute atomic E-state index is 11.5. The lowest BCUT2D eigenvalue weighted by Gasteiger charge is -2.09. The first-order chi connectivity index (χ1) is 9.63. The van der Waals surface area contributed by atoms with Crippen molar-refractivity contribution in [1.82, 2.24) is 15.6 Å². The summed E-state index contributed by atoms with van der Waals surface area (Å²) in [5.41, 5.74) is 0.994. The van der Waals surface area contributed by atoms with Crippen molar-refractivity contribution in [2.75, 3.05) is 13.2 Å². The molecule has 1 aliphatic carbocycles. The van der Waals surface area contributed by atoms with Gasteiger partial charge < -0.3 is 15.4 Å². The summed E-state index contributed by atoms with van der Waals surface area (Å²) in [6.07, 6.45) is 4.21. The third-order valence-corrected chi connectivity index (χ3v) is 3.02. The molecular weight excluding hydrogens is 254 g/mol. The molecule has 1 aliphatic rings. The van der Waals surface area contributed by atoms with Gasteiger partial charge in [-0.15, -0.1) is 0 Å². The fourth-order valence-electron chi connectivity index (χ4n) is 1.66. The summed E-state index contributed by atoms with van der Waals surface area (Å²) in [6.45, 7) is 5.61. The van der Waals surface area contributed by atoms with Gasteiger partial charge in [-0.2, -0.15) is 0 Å². The number of hydrogen-bond acceptors (Lipinski definition) is 4. The number of pyridine rings is 1. The van der Waals surface area contributed by atoms with E-state index in [1.54, 1.807) is 6.20 Å². The molecular formula is C15H23N3O2. The molecule has 5 nitrogen and oxygen atoms in total. The van der Waals surface area contributed by atoms with Crippen LogP contribution in [0.2, 0.25) is 0 Å². The van der Waals surface area contributed by atoms with Gasteiger partial charge in [-0.1, -0.05) is 13.8 Å². The second-order valence-corrected chi connectivity index (χ2v) is 5.63. The van der Waals surface area contributed by atoms with Gasteiger partial charge in [0, 0.05) is 19.1 Å². The Morgan fingerprint density at radius 3 is 2.85 bits per heavy atom. The molecule has 20 heavy (non-hydrogen) atoms. The molecule has 1 heterocycles. The lowest BCUT2D eigenvalue weighted by atomic mass is 10.2. The Bertz CT molecular complexity index is 427. The maximum Gasteiger partial charge on any atom is 0.257 e. The van der Waals surface area contributed by atoms with E-state index in [0.29, 0.717) is 24.3 Å². The van der Waals surface area contributed by atoms with Crippen molar-refractivity contribution in [2.45, 2.75) is 39.3 Å². The number of rotatable bonds is 8. The smallest absolute Gasteiger partial charge is 0.257 e. The fourth-order valence-corrected chi connectivity index (χ4v) is 1.66. The number of ether oxygens (including phenoxy) is 1. The van der Waals surface area contributed by atoms with Gasteiger partial charge in [-0.25, -0.2) is 0 Å². The van der Waals surface area contributed by atoms with Gasteiger partial charge in [0.1, 0.15) is 5.75 Å².